The van der Waals surface area contributed by atoms with Crippen molar-refractivity contribution in [3.05, 3.63) is 70.7 Å². The number of sulfonamides is 1. The molecule has 0 bridgehead atoms. The minimum atomic E-state index is -3.64. The number of aromatic nitrogens is 1. The zero-order chi connectivity index (χ0) is 22.6. The van der Waals surface area contributed by atoms with E-state index >= 15 is 0 Å². The van der Waals surface area contributed by atoms with Crippen molar-refractivity contribution in [2.24, 2.45) is 0 Å². The molecule has 0 saturated carbocycles. The standard InChI is InChI=1S/C22H23N3O4S3/c1-16-14-30-22(23-16)31-15-17-5-2-3-8-20(17)21(26)24-18-6-4-7-19(13-18)32(27,28)25-9-11-29-12-10-25/h2-8,13-14H,9-12,15H2,1H3,(H,24,26). The van der Waals surface area contributed by atoms with Crippen LogP contribution in [0.1, 0.15) is 21.6 Å². The predicted molar refractivity (Wildman–Crippen MR) is 127 cm³/mol. The zero-order valence-electron chi connectivity index (χ0n) is 17.5. The first-order valence-corrected chi connectivity index (χ1v) is 13.4. The molecule has 1 saturated heterocycles. The van der Waals surface area contributed by atoms with Crippen LogP contribution in [-0.2, 0) is 20.5 Å². The monoisotopic (exact) mass is 489 g/mol. The molecule has 1 aliphatic heterocycles. The Morgan fingerprint density at radius 2 is 1.97 bits per heavy atom. The number of thiazole rings is 1. The number of amides is 1. The fourth-order valence-corrected chi connectivity index (χ4v) is 6.58. The maximum absolute atomic E-state index is 13.0. The predicted octanol–water partition coefficient (Wildman–Crippen LogP) is 4.02. The Hall–Kier alpha value is -2.24. The number of morpholine rings is 1. The molecule has 168 valence electrons. The Kier molecular flexibility index (Phi) is 7.27. The topological polar surface area (TPSA) is 88.6 Å². The molecule has 7 nitrogen and oxygen atoms in total. The van der Waals surface area contributed by atoms with E-state index in [1.165, 1.54) is 10.4 Å². The summed E-state index contributed by atoms with van der Waals surface area (Å²) in [5.74, 6) is 0.333. The molecular formula is C22H23N3O4S3. The summed E-state index contributed by atoms with van der Waals surface area (Å²) in [7, 11) is -3.64. The van der Waals surface area contributed by atoms with E-state index in [4.69, 9.17) is 4.74 Å². The first-order valence-electron chi connectivity index (χ1n) is 10.1. The molecule has 1 amide bonds. The fraction of sp³-hybridized carbons (Fsp3) is 0.273. The quantitative estimate of drug-likeness (QED) is 0.505. The second-order valence-electron chi connectivity index (χ2n) is 7.20. The SMILES string of the molecule is Cc1csc(SCc2ccccc2C(=O)Nc2cccc(S(=O)(=O)N3CCOCC3)c2)n1. The van der Waals surface area contributed by atoms with Gasteiger partial charge >= 0.3 is 0 Å². The number of aryl methyl sites for hydroxylation is 1. The maximum atomic E-state index is 13.0. The first kappa shape index (κ1) is 22.9. The van der Waals surface area contributed by atoms with Crippen molar-refractivity contribution in [3.8, 4) is 0 Å². The third-order valence-electron chi connectivity index (χ3n) is 4.91. The lowest BCUT2D eigenvalue weighted by molar-refractivity contribution is 0.0730. The summed E-state index contributed by atoms with van der Waals surface area (Å²) in [6, 6.07) is 13.8. The van der Waals surface area contributed by atoms with Gasteiger partial charge in [-0.15, -0.1) is 11.3 Å². The Labute approximate surface area is 195 Å². The molecule has 0 aliphatic carbocycles. The van der Waals surface area contributed by atoms with E-state index in [0.29, 0.717) is 43.3 Å². The summed E-state index contributed by atoms with van der Waals surface area (Å²) < 4.78 is 33.5. The van der Waals surface area contributed by atoms with E-state index in [0.717, 1.165) is 15.6 Å². The molecule has 1 aliphatic rings. The van der Waals surface area contributed by atoms with Gasteiger partial charge in [0.15, 0.2) is 0 Å². The summed E-state index contributed by atoms with van der Waals surface area (Å²) in [4.78, 5) is 17.6. The Morgan fingerprint density at radius 1 is 1.19 bits per heavy atom. The summed E-state index contributed by atoms with van der Waals surface area (Å²) >= 11 is 3.17. The highest BCUT2D eigenvalue weighted by molar-refractivity contribution is 8.00. The number of nitrogens with one attached hydrogen (secondary N) is 1. The van der Waals surface area contributed by atoms with E-state index in [1.54, 1.807) is 47.4 Å². The van der Waals surface area contributed by atoms with Gasteiger partial charge < -0.3 is 10.1 Å². The van der Waals surface area contributed by atoms with Gasteiger partial charge in [-0.25, -0.2) is 13.4 Å². The van der Waals surface area contributed by atoms with Crippen LogP contribution in [0.4, 0.5) is 5.69 Å². The Bertz CT molecular complexity index is 1200. The van der Waals surface area contributed by atoms with Crippen LogP contribution < -0.4 is 5.32 Å². The molecule has 4 rings (SSSR count). The van der Waals surface area contributed by atoms with Crippen molar-refractivity contribution in [1.82, 2.24) is 9.29 Å². The largest absolute Gasteiger partial charge is 0.379 e. The summed E-state index contributed by atoms with van der Waals surface area (Å²) in [6.45, 7) is 3.36. The van der Waals surface area contributed by atoms with Gasteiger partial charge in [-0.3, -0.25) is 4.79 Å². The zero-order valence-corrected chi connectivity index (χ0v) is 19.9. The van der Waals surface area contributed by atoms with Crippen molar-refractivity contribution in [2.45, 2.75) is 21.9 Å². The average molecular weight is 490 g/mol. The second kappa shape index (κ2) is 10.1. The third kappa shape index (κ3) is 5.38. The lowest BCUT2D eigenvalue weighted by Gasteiger charge is -2.26. The van der Waals surface area contributed by atoms with Crippen LogP contribution in [0.2, 0.25) is 0 Å². The number of hydrogen-bond donors (Lipinski definition) is 1. The normalized spacial score (nSPS) is 14.9. The van der Waals surface area contributed by atoms with Crippen LogP contribution >= 0.6 is 23.1 Å². The van der Waals surface area contributed by atoms with Gasteiger partial charge in [-0.1, -0.05) is 36.0 Å². The van der Waals surface area contributed by atoms with Crippen LogP contribution in [0.3, 0.4) is 0 Å². The summed E-state index contributed by atoms with van der Waals surface area (Å²) in [6.07, 6.45) is 0. The van der Waals surface area contributed by atoms with E-state index in [1.807, 2.05) is 30.5 Å². The van der Waals surface area contributed by atoms with Gasteiger partial charge in [-0.2, -0.15) is 4.31 Å². The van der Waals surface area contributed by atoms with Crippen molar-refractivity contribution < 1.29 is 17.9 Å². The third-order valence-corrected chi connectivity index (χ3v) is 8.99. The molecule has 10 heteroatoms. The molecule has 2 heterocycles. The molecule has 1 N–H and O–H groups in total. The number of rotatable bonds is 7. The summed E-state index contributed by atoms with van der Waals surface area (Å²) in [5.41, 5.74) is 2.85. The number of anilines is 1. The van der Waals surface area contributed by atoms with Crippen LogP contribution in [-0.4, -0.2) is 49.9 Å². The number of ether oxygens (including phenoxy) is 1. The second-order valence-corrected chi connectivity index (χ2v) is 11.2. The highest BCUT2D eigenvalue weighted by Gasteiger charge is 2.26. The first-order chi connectivity index (χ1) is 15.4. The molecule has 0 spiro atoms. The number of thioether (sulfide) groups is 1. The van der Waals surface area contributed by atoms with Gasteiger partial charge in [0, 0.05) is 41.2 Å². The van der Waals surface area contributed by atoms with Gasteiger partial charge in [0.25, 0.3) is 5.91 Å². The lowest BCUT2D eigenvalue weighted by atomic mass is 10.1. The fourth-order valence-electron chi connectivity index (χ4n) is 3.27. The van der Waals surface area contributed by atoms with E-state index in [9.17, 15) is 13.2 Å². The molecule has 0 unspecified atom stereocenters. The van der Waals surface area contributed by atoms with Crippen LogP contribution in [0, 0.1) is 6.92 Å². The molecule has 32 heavy (non-hydrogen) atoms. The molecule has 3 aromatic rings. The van der Waals surface area contributed by atoms with Crippen molar-refractivity contribution in [3.63, 3.8) is 0 Å². The van der Waals surface area contributed by atoms with Crippen LogP contribution in [0.5, 0.6) is 0 Å². The highest BCUT2D eigenvalue weighted by Crippen LogP contribution is 2.28. The van der Waals surface area contributed by atoms with Crippen LogP contribution in [0.15, 0.2) is 63.1 Å². The molecule has 2 aromatic carbocycles. The molecule has 0 radical (unpaired) electrons. The molecule has 1 fully saturated rings. The van der Waals surface area contributed by atoms with E-state index in [2.05, 4.69) is 10.3 Å². The molecular weight excluding hydrogens is 466 g/mol. The lowest BCUT2D eigenvalue weighted by Crippen LogP contribution is -2.40. The number of nitrogens with zero attached hydrogens (tertiary/aromatic N) is 2. The van der Waals surface area contributed by atoms with Crippen molar-refractivity contribution >= 4 is 44.7 Å². The van der Waals surface area contributed by atoms with E-state index in [-0.39, 0.29) is 10.8 Å². The summed E-state index contributed by atoms with van der Waals surface area (Å²) in [5, 5.41) is 4.85. The maximum Gasteiger partial charge on any atom is 0.255 e. The molecule has 1 aromatic heterocycles. The average Bonchev–Trinajstić information content (AvgIpc) is 3.23. The number of carbonyl (C=O) groups is 1. The number of carbonyl (C=O) groups excluding carboxylic acids is 1. The van der Waals surface area contributed by atoms with Gasteiger partial charge in [0.05, 0.1) is 18.1 Å². The van der Waals surface area contributed by atoms with E-state index < -0.39 is 10.0 Å². The number of benzene rings is 2. The Morgan fingerprint density at radius 3 is 2.72 bits per heavy atom. The van der Waals surface area contributed by atoms with Crippen molar-refractivity contribution in [1.29, 1.82) is 0 Å². The number of hydrogen-bond acceptors (Lipinski definition) is 7. The van der Waals surface area contributed by atoms with Gasteiger partial charge in [0.1, 0.15) is 4.34 Å². The highest BCUT2D eigenvalue weighted by atomic mass is 32.2. The minimum Gasteiger partial charge on any atom is -0.379 e. The van der Waals surface area contributed by atoms with Gasteiger partial charge in [0.2, 0.25) is 10.0 Å². The Balaban J connectivity index is 1.49. The van der Waals surface area contributed by atoms with Crippen LogP contribution in [0.25, 0.3) is 0 Å². The van der Waals surface area contributed by atoms with Gasteiger partial charge in [-0.05, 0) is 36.8 Å². The smallest absolute Gasteiger partial charge is 0.255 e. The molecule has 0 atom stereocenters. The van der Waals surface area contributed by atoms with Crippen molar-refractivity contribution in [2.75, 3.05) is 31.6 Å². The minimum absolute atomic E-state index is 0.153.